The molecular weight excluding hydrogens is 306 g/mol. The summed E-state index contributed by atoms with van der Waals surface area (Å²) in [5.41, 5.74) is 8.33. The molecule has 2 aromatic heterocycles. The van der Waals surface area contributed by atoms with Crippen molar-refractivity contribution in [3.8, 4) is 22.6 Å². The zero-order valence-corrected chi connectivity index (χ0v) is 11.5. The SMILES string of the molecule is Nc1noc(-c2ccccn2)c1-c1ccc(Br)cc1. The van der Waals surface area contributed by atoms with E-state index in [9.17, 15) is 0 Å². The van der Waals surface area contributed by atoms with Gasteiger partial charge in [0.1, 0.15) is 5.69 Å². The second-order valence-corrected chi connectivity index (χ2v) is 4.91. The van der Waals surface area contributed by atoms with E-state index in [1.807, 2.05) is 42.5 Å². The topological polar surface area (TPSA) is 64.9 Å². The highest BCUT2D eigenvalue weighted by atomic mass is 79.9. The van der Waals surface area contributed by atoms with Crippen LogP contribution in [0.1, 0.15) is 0 Å². The van der Waals surface area contributed by atoms with Crippen LogP contribution in [0.5, 0.6) is 0 Å². The van der Waals surface area contributed by atoms with Crippen LogP contribution in [0.3, 0.4) is 0 Å². The summed E-state index contributed by atoms with van der Waals surface area (Å²) in [6, 6.07) is 13.4. The van der Waals surface area contributed by atoms with Gasteiger partial charge < -0.3 is 10.3 Å². The number of anilines is 1. The Morgan fingerprint density at radius 2 is 1.84 bits per heavy atom. The van der Waals surface area contributed by atoms with E-state index in [0.717, 1.165) is 15.6 Å². The molecule has 0 saturated heterocycles. The fraction of sp³-hybridized carbons (Fsp3) is 0. The van der Waals surface area contributed by atoms with E-state index in [-0.39, 0.29) is 0 Å². The van der Waals surface area contributed by atoms with Gasteiger partial charge in [0.05, 0.1) is 5.56 Å². The van der Waals surface area contributed by atoms with Crippen molar-refractivity contribution in [3.63, 3.8) is 0 Å². The number of benzene rings is 1. The van der Waals surface area contributed by atoms with Gasteiger partial charge in [-0.25, -0.2) is 0 Å². The molecule has 0 unspecified atom stereocenters. The lowest BCUT2D eigenvalue weighted by atomic mass is 10.0. The molecule has 5 heteroatoms. The maximum atomic E-state index is 5.90. The summed E-state index contributed by atoms with van der Waals surface area (Å²) >= 11 is 3.41. The number of hydrogen-bond acceptors (Lipinski definition) is 4. The Labute approximate surface area is 118 Å². The monoisotopic (exact) mass is 315 g/mol. The highest BCUT2D eigenvalue weighted by molar-refractivity contribution is 9.10. The van der Waals surface area contributed by atoms with Crippen molar-refractivity contribution < 1.29 is 4.52 Å². The molecule has 94 valence electrons. The molecule has 1 aromatic carbocycles. The summed E-state index contributed by atoms with van der Waals surface area (Å²) in [5, 5.41) is 3.84. The molecule has 0 saturated carbocycles. The molecule has 0 fully saturated rings. The third kappa shape index (κ3) is 2.24. The zero-order chi connectivity index (χ0) is 13.2. The van der Waals surface area contributed by atoms with Crippen molar-refractivity contribution in [2.75, 3.05) is 5.73 Å². The second kappa shape index (κ2) is 4.85. The molecule has 0 radical (unpaired) electrons. The lowest BCUT2D eigenvalue weighted by Gasteiger charge is -2.02. The maximum Gasteiger partial charge on any atom is 0.195 e. The van der Waals surface area contributed by atoms with Crippen LogP contribution in [-0.2, 0) is 0 Å². The Hall–Kier alpha value is -2.14. The standard InChI is InChI=1S/C14H10BrN3O/c15-10-6-4-9(5-7-10)12-13(19-18-14(12)16)11-3-1-2-8-17-11/h1-8H,(H2,16,18). The molecule has 0 aliphatic carbocycles. The van der Waals surface area contributed by atoms with Crippen molar-refractivity contribution in [1.82, 2.24) is 10.1 Å². The third-order valence-corrected chi connectivity index (χ3v) is 3.28. The van der Waals surface area contributed by atoms with E-state index in [1.165, 1.54) is 0 Å². The largest absolute Gasteiger partial charge is 0.380 e. The number of rotatable bonds is 2. The number of pyridine rings is 1. The van der Waals surface area contributed by atoms with Gasteiger partial charge in [0.25, 0.3) is 0 Å². The van der Waals surface area contributed by atoms with Crippen LogP contribution < -0.4 is 5.73 Å². The number of aromatic nitrogens is 2. The van der Waals surface area contributed by atoms with Gasteiger partial charge in [0.15, 0.2) is 11.6 Å². The molecule has 4 nitrogen and oxygen atoms in total. The number of nitrogen functional groups attached to an aromatic ring is 1. The van der Waals surface area contributed by atoms with Gasteiger partial charge in [0, 0.05) is 10.7 Å². The highest BCUT2D eigenvalue weighted by Gasteiger charge is 2.18. The Balaban J connectivity index is 2.17. The van der Waals surface area contributed by atoms with Gasteiger partial charge in [-0.05, 0) is 29.8 Å². The van der Waals surface area contributed by atoms with Crippen LogP contribution in [0.15, 0.2) is 57.7 Å². The molecule has 19 heavy (non-hydrogen) atoms. The van der Waals surface area contributed by atoms with Crippen molar-refractivity contribution in [3.05, 3.63) is 53.1 Å². The van der Waals surface area contributed by atoms with Gasteiger partial charge in [0.2, 0.25) is 0 Å². The smallest absolute Gasteiger partial charge is 0.195 e. The molecule has 0 aliphatic rings. The van der Waals surface area contributed by atoms with Crippen molar-refractivity contribution in [2.24, 2.45) is 0 Å². The first-order valence-corrected chi connectivity index (χ1v) is 6.47. The highest BCUT2D eigenvalue weighted by Crippen LogP contribution is 2.35. The summed E-state index contributed by atoms with van der Waals surface area (Å²) in [5.74, 6) is 0.948. The van der Waals surface area contributed by atoms with Crippen LogP contribution in [0.2, 0.25) is 0 Å². The average molecular weight is 316 g/mol. The fourth-order valence-corrected chi connectivity index (χ4v) is 2.13. The summed E-state index contributed by atoms with van der Waals surface area (Å²) in [4.78, 5) is 4.27. The van der Waals surface area contributed by atoms with Crippen LogP contribution in [0.25, 0.3) is 22.6 Å². The number of halogens is 1. The van der Waals surface area contributed by atoms with Crippen molar-refractivity contribution in [1.29, 1.82) is 0 Å². The van der Waals surface area contributed by atoms with E-state index >= 15 is 0 Å². The fourth-order valence-electron chi connectivity index (χ4n) is 1.87. The molecule has 0 spiro atoms. The second-order valence-electron chi connectivity index (χ2n) is 3.99. The first kappa shape index (κ1) is 11.9. The molecule has 3 rings (SSSR count). The zero-order valence-electron chi connectivity index (χ0n) is 9.88. The van der Waals surface area contributed by atoms with Crippen LogP contribution in [0, 0.1) is 0 Å². The predicted molar refractivity (Wildman–Crippen MR) is 77.3 cm³/mol. The first-order valence-electron chi connectivity index (χ1n) is 5.68. The van der Waals surface area contributed by atoms with Gasteiger partial charge in [-0.3, -0.25) is 4.98 Å². The van der Waals surface area contributed by atoms with Crippen LogP contribution in [0.4, 0.5) is 5.82 Å². The van der Waals surface area contributed by atoms with E-state index in [2.05, 4.69) is 26.1 Å². The Morgan fingerprint density at radius 3 is 2.53 bits per heavy atom. The summed E-state index contributed by atoms with van der Waals surface area (Å²) in [6.45, 7) is 0. The first-order chi connectivity index (χ1) is 9.25. The number of nitrogens with two attached hydrogens (primary N) is 1. The van der Waals surface area contributed by atoms with Gasteiger partial charge >= 0.3 is 0 Å². The molecule has 2 N–H and O–H groups in total. The van der Waals surface area contributed by atoms with Gasteiger partial charge in [-0.1, -0.05) is 39.3 Å². The summed E-state index contributed by atoms with van der Waals surface area (Å²) in [7, 11) is 0. The predicted octanol–water partition coefficient (Wildman–Crippen LogP) is 3.75. The molecule has 0 atom stereocenters. The normalized spacial score (nSPS) is 10.6. The molecule has 0 amide bonds. The lowest BCUT2D eigenvalue weighted by Crippen LogP contribution is -1.89. The third-order valence-electron chi connectivity index (χ3n) is 2.75. The molecule has 0 bridgehead atoms. The van der Waals surface area contributed by atoms with E-state index in [1.54, 1.807) is 6.20 Å². The molecule has 0 aliphatic heterocycles. The molecule has 3 aromatic rings. The molecular formula is C14H10BrN3O. The van der Waals surface area contributed by atoms with Gasteiger partial charge in [-0.2, -0.15) is 0 Å². The number of nitrogens with zero attached hydrogens (tertiary/aromatic N) is 2. The van der Waals surface area contributed by atoms with E-state index < -0.39 is 0 Å². The summed E-state index contributed by atoms with van der Waals surface area (Å²) < 4.78 is 6.32. The summed E-state index contributed by atoms with van der Waals surface area (Å²) in [6.07, 6.45) is 1.71. The van der Waals surface area contributed by atoms with E-state index in [4.69, 9.17) is 10.3 Å². The Bertz CT molecular complexity index is 692. The minimum atomic E-state index is 0.364. The van der Waals surface area contributed by atoms with E-state index in [0.29, 0.717) is 17.3 Å². The average Bonchev–Trinajstić information content (AvgIpc) is 2.83. The Kier molecular flexibility index (Phi) is 3.05. The van der Waals surface area contributed by atoms with Crippen molar-refractivity contribution in [2.45, 2.75) is 0 Å². The minimum absolute atomic E-state index is 0.364. The van der Waals surface area contributed by atoms with Crippen LogP contribution in [-0.4, -0.2) is 10.1 Å². The number of hydrogen-bond donors (Lipinski definition) is 1. The molecule has 2 heterocycles. The minimum Gasteiger partial charge on any atom is -0.380 e. The lowest BCUT2D eigenvalue weighted by molar-refractivity contribution is 0.435. The maximum absolute atomic E-state index is 5.90. The van der Waals surface area contributed by atoms with Crippen LogP contribution >= 0.6 is 15.9 Å². The van der Waals surface area contributed by atoms with Gasteiger partial charge in [-0.15, -0.1) is 0 Å². The Morgan fingerprint density at radius 1 is 1.05 bits per heavy atom. The quantitative estimate of drug-likeness (QED) is 0.782. The van der Waals surface area contributed by atoms with Crippen molar-refractivity contribution >= 4 is 21.7 Å².